The van der Waals surface area contributed by atoms with Gasteiger partial charge in [-0.1, -0.05) is 11.6 Å². The number of nitrogens with one attached hydrogen (secondary N) is 2. The van der Waals surface area contributed by atoms with Crippen LogP contribution in [-0.4, -0.2) is 43.0 Å². The summed E-state index contributed by atoms with van der Waals surface area (Å²) in [4.78, 5) is 11.2. The molecule has 5 nitrogen and oxygen atoms in total. The Hall–Kier alpha value is -1.75. The quantitative estimate of drug-likeness (QED) is 0.836. The maximum atomic E-state index is 5.89. The van der Waals surface area contributed by atoms with Crippen LogP contribution in [0.2, 0.25) is 5.02 Å². The van der Waals surface area contributed by atoms with E-state index < -0.39 is 0 Å². The Balaban J connectivity index is 2.19. The highest BCUT2D eigenvalue weighted by Gasteiger charge is 2.18. The van der Waals surface area contributed by atoms with E-state index in [9.17, 15) is 0 Å². The number of guanidine groups is 2. The molecule has 2 rings (SSSR count). The highest BCUT2D eigenvalue weighted by atomic mass is 35.5. The molecule has 0 aliphatic carbocycles. The van der Waals surface area contributed by atoms with E-state index in [0.717, 1.165) is 11.6 Å². The van der Waals surface area contributed by atoms with Crippen LogP contribution in [0.5, 0.6) is 0 Å². The predicted octanol–water partition coefficient (Wildman–Crippen LogP) is 2.41. The lowest BCUT2D eigenvalue weighted by Gasteiger charge is -2.18. The molecule has 2 atom stereocenters. The molecule has 20 heavy (non-hydrogen) atoms. The third kappa shape index (κ3) is 3.63. The molecule has 0 radical (unpaired) electrons. The smallest absolute Gasteiger partial charge is 0.203 e. The molecule has 0 fully saturated rings. The van der Waals surface area contributed by atoms with Crippen LogP contribution < -0.4 is 10.6 Å². The lowest BCUT2D eigenvalue weighted by atomic mass is 10.2. The Morgan fingerprint density at radius 2 is 1.70 bits per heavy atom. The van der Waals surface area contributed by atoms with E-state index in [1.807, 2.05) is 43.3 Å². The summed E-state index contributed by atoms with van der Waals surface area (Å²) in [6.07, 6.45) is 0. The second-order valence-corrected chi connectivity index (χ2v) is 5.50. The summed E-state index contributed by atoms with van der Waals surface area (Å²) in [5, 5.41) is 7.19. The van der Waals surface area contributed by atoms with Crippen LogP contribution in [0.3, 0.4) is 0 Å². The molecular weight excluding hydrogens is 274 g/mol. The minimum Gasteiger partial charge on any atom is -0.349 e. The molecule has 2 unspecified atom stereocenters. The summed E-state index contributed by atoms with van der Waals surface area (Å²) < 4.78 is 0. The number of anilines is 1. The van der Waals surface area contributed by atoms with Gasteiger partial charge < -0.3 is 10.2 Å². The lowest BCUT2D eigenvalue weighted by molar-refractivity contribution is 0.570. The Bertz CT molecular complexity index is 521. The van der Waals surface area contributed by atoms with Gasteiger partial charge in [0.05, 0.1) is 12.1 Å². The first kappa shape index (κ1) is 14.7. The SMILES string of the molecule is CC1N=C(Nc2ccc(Cl)cc2)NC(N(C)C)=NC1C. The first-order chi connectivity index (χ1) is 9.45. The summed E-state index contributed by atoms with van der Waals surface area (Å²) in [6.45, 7) is 4.11. The molecule has 1 aliphatic rings. The Kier molecular flexibility index (Phi) is 4.49. The van der Waals surface area contributed by atoms with Gasteiger partial charge >= 0.3 is 0 Å². The second kappa shape index (κ2) is 6.13. The number of benzene rings is 1. The molecule has 0 saturated heterocycles. The summed E-state index contributed by atoms with van der Waals surface area (Å²) in [5.41, 5.74) is 0.931. The normalized spacial score (nSPS) is 22.2. The number of halogens is 1. The molecule has 2 N–H and O–H groups in total. The topological polar surface area (TPSA) is 52.0 Å². The predicted molar refractivity (Wildman–Crippen MR) is 85.7 cm³/mol. The van der Waals surface area contributed by atoms with Crippen LogP contribution in [-0.2, 0) is 0 Å². The van der Waals surface area contributed by atoms with E-state index >= 15 is 0 Å². The summed E-state index contributed by atoms with van der Waals surface area (Å²) in [6, 6.07) is 7.75. The standard InChI is InChI=1S/C14H20ClN5/c1-9-10(2)17-14(20(3)4)19-13(16-9)18-12-7-5-11(15)6-8-12/h5-10H,1-4H3,(H2,16,17,18,19). The third-order valence-corrected chi connectivity index (χ3v) is 3.37. The van der Waals surface area contributed by atoms with Crippen molar-refractivity contribution in [3.8, 4) is 0 Å². The van der Waals surface area contributed by atoms with Crippen LogP contribution in [0.15, 0.2) is 34.3 Å². The van der Waals surface area contributed by atoms with Gasteiger partial charge in [-0.25, -0.2) is 9.98 Å². The van der Waals surface area contributed by atoms with Crippen LogP contribution in [0.4, 0.5) is 5.69 Å². The van der Waals surface area contributed by atoms with Crippen molar-refractivity contribution >= 4 is 29.2 Å². The summed E-state index contributed by atoms with van der Waals surface area (Å²) in [5.74, 6) is 1.48. The molecule has 0 aromatic heterocycles. The molecule has 0 spiro atoms. The van der Waals surface area contributed by atoms with Crippen molar-refractivity contribution in [2.24, 2.45) is 9.98 Å². The largest absolute Gasteiger partial charge is 0.349 e. The fraction of sp³-hybridized carbons (Fsp3) is 0.429. The van der Waals surface area contributed by atoms with Crippen molar-refractivity contribution in [2.45, 2.75) is 25.9 Å². The summed E-state index contributed by atoms with van der Waals surface area (Å²) in [7, 11) is 3.91. The average molecular weight is 294 g/mol. The number of hydrogen-bond donors (Lipinski definition) is 2. The van der Waals surface area contributed by atoms with E-state index in [1.165, 1.54) is 0 Å². The summed E-state index contributed by atoms with van der Waals surface area (Å²) >= 11 is 5.89. The van der Waals surface area contributed by atoms with Crippen molar-refractivity contribution in [3.05, 3.63) is 29.3 Å². The maximum absolute atomic E-state index is 5.89. The molecule has 1 aromatic rings. The minimum atomic E-state index is 0.106. The van der Waals surface area contributed by atoms with Crippen molar-refractivity contribution in [2.75, 3.05) is 19.4 Å². The zero-order chi connectivity index (χ0) is 14.7. The van der Waals surface area contributed by atoms with Gasteiger partial charge in [-0.3, -0.25) is 5.32 Å². The highest BCUT2D eigenvalue weighted by Crippen LogP contribution is 2.14. The van der Waals surface area contributed by atoms with Crippen LogP contribution in [0.25, 0.3) is 0 Å². The van der Waals surface area contributed by atoms with Gasteiger partial charge in [-0.2, -0.15) is 0 Å². The van der Waals surface area contributed by atoms with Gasteiger partial charge in [0.25, 0.3) is 0 Å². The Morgan fingerprint density at radius 1 is 1.10 bits per heavy atom. The lowest BCUT2D eigenvalue weighted by Crippen LogP contribution is -2.42. The molecule has 1 aliphatic heterocycles. The molecule has 108 valence electrons. The van der Waals surface area contributed by atoms with E-state index in [2.05, 4.69) is 34.5 Å². The van der Waals surface area contributed by atoms with Gasteiger partial charge in [-0.05, 0) is 38.1 Å². The molecule has 0 amide bonds. The zero-order valence-electron chi connectivity index (χ0n) is 12.2. The number of nitrogens with zero attached hydrogens (tertiary/aromatic N) is 3. The Labute approximate surface area is 124 Å². The zero-order valence-corrected chi connectivity index (χ0v) is 12.9. The molecule has 0 bridgehead atoms. The molecular formula is C14H20ClN5. The molecule has 1 heterocycles. The minimum absolute atomic E-state index is 0.106. The van der Waals surface area contributed by atoms with Gasteiger partial charge in [0, 0.05) is 24.8 Å². The molecule has 0 saturated carbocycles. The fourth-order valence-corrected chi connectivity index (χ4v) is 1.87. The van der Waals surface area contributed by atoms with Gasteiger partial charge in [0.2, 0.25) is 11.9 Å². The van der Waals surface area contributed by atoms with E-state index in [-0.39, 0.29) is 12.1 Å². The number of hydrogen-bond acceptors (Lipinski definition) is 5. The average Bonchev–Trinajstić information content (AvgIpc) is 2.53. The fourth-order valence-electron chi connectivity index (χ4n) is 1.74. The van der Waals surface area contributed by atoms with E-state index in [0.29, 0.717) is 11.0 Å². The second-order valence-electron chi connectivity index (χ2n) is 5.06. The van der Waals surface area contributed by atoms with Crippen LogP contribution in [0, 0.1) is 0 Å². The van der Waals surface area contributed by atoms with Crippen LogP contribution >= 0.6 is 11.6 Å². The van der Waals surface area contributed by atoms with Crippen LogP contribution in [0.1, 0.15) is 13.8 Å². The van der Waals surface area contributed by atoms with Crippen molar-refractivity contribution in [3.63, 3.8) is 0 Å². The van der Waals surface area contributed by atoms with Gasteiger partial charge in [0.15, 0.2) is 0 Å². The maximum Gasteiger partial charge on any atom is 0.203 e. The first-order valence-corrected chi connectivity index (χ1v) is 6.96. The number of rotatable bonds is 1. The Morgan fingerprint density at radius 3 is 2.30 bits per heavy atom. The molecule has 6 heteroatoms. The highest BCUT2D eigenvalue weighted by molar-refractivity contribution is 6.30. The van der Waals surface area contributed by atoms with E-state index in [4.69, 9.17) is 11.6 Å². The van der Waals surface area contributed by atoms with Crippen molar-refractivity contribution < 1.29 is 0 Å². The van der Waals surface area contributed by atoms with Crippen molar-refractivity contribution in [1.29, 1.82) is 0 Å². The molecule has 1 aromatic carbocycles. The van der Waals surface area contributed by atoms with E-state index in [1.54, 1.807) is 0 Å². The van der Waals surface area contributed by atoms with Crippen molar-refractivity contribution in [1.82, 2.24) is 10.2 Å². The number of aliphatic imine (C=N–C) groups is 2. The first-order valence-electron chi connectivity index (χ1n) is 6.58. The monoisotopic (exact) mass is 293 g/mol. The third-order valence-electron chi connectivity index (χ3n) is 3.12. The van der Waals surface area contributed by atoms with Gasteiger partial charge in [-0.15, -0.1) is 0 Å². The van der Waals surface area contributed by atoms with Gasteiger partial charge in [0.1, 0.15) is 0 Å².